The largest absolute Gasteiger partial charge is 0.479 e. The Morgan fingerprint density at radius 2 is 2.12 bits per heavy atom. The van der Waals surface area contributed by atoms with Crippen LogP contribution >= 0.6 is 11.3 Å². The Kier molecular flexibility index (Phi) is 3.54. The van der Waals surface area contributed by atoms with E-state index < -0.39 is 17.5 Å². The van der Waals surface area contributed by atoms with Crippen LogP contribution in [0.3, 0.4) is 0 Å². The van der Waals surface area contributed by atoms with Crippen LogP contribution in [0.4, 0.5) is 5.13 Å². The van der Waals surface area contributed by atoms with E-state index in [1.165, 1.54) is 11.3 Å². The first-order chi connectivity index (χ1) is 7.26. The first-order valence-corrected chi connectivity index (χ1v) is 5.63. The lowest BCUT2D eigenvalue weighted by Gasteiger charge is -2.25. The second-order valence-corrected chi connectivity index (χ2v) is 5.37. The van der Waals surface area contributed by atoms with Gasteiger partial charge in [0.05, 0.1) is 0 Å². The average molecular weight is 244 g/mol. The van der Waals surface area contributed by atoms with Crippen molar-refractivity contribution in [3.05, 3.63) is 11.1 Å². The molecular formula is C10H16N2O3S. The lowest BCUT2D eigenvalue weighted by Crippen LogP contribution is -2.39. The fourth-order valence-electron chi connectivity index (χ4n) is 1.21. The Bertz CT molecular complexity index is 387. The van der Waals surface area contributed by atoms with Gasteiger partial charge in [0, 0.05) is 30.6 Å². The molecule has 1 unspecified atom stereocenters. The predicted octanol–water partition coefficient (Wildman–Crippen LogP) is 0.932. The van der Waals surface area contributed by atoms with Crippen molar-refractivity contribution in [1.82, 2.24) is 4.98 Å². The van der Waals surface area contributed by atoms with Gasteiger partial charge in [-0.3, -0.25) is 0 Å². The van der Waals surface area contributed by atoms with Crippen molar-refractivity contribution in [3.8, 4) is 0 Å². The molecule has 0 spiro atoms. The molecule has 16 heavy (non-hydrogen) atoms. The van der Waals surface area contributed by atoms with Crippen LogP contribution in [-0.4, -0.2) is 41.4 Å². The third-order valence-corrected chi connectivity index (χ3v) is 3.93. The van der Waals surface area contributed by atoms with E-state index in [0.29, 0.717) is 0 Å². The zero-order valence-electron chi connectivity index (χ0n) is 9.76. The number of nitrogens with zero attached hydrogens (tertiary/aromatic N) is 2. The Hall–Kier alpha value is -1.14. The van der Waals surface area contributed by atoms with E-state index in [2.05, 4.69) is 4.98 Å². The number of carboxylic acids is 1. The lowest BCUT2D eigenvalue weighted by atomic mass is 9.85. The van der Waals surface area contributed by atoms with E-state index >= 15 is 0 Å². The highest BCUT2D eigenvalue weighted by Crippen LogP contribution is 2.34. The van der Waals surface area contributed by atoms with Gasteiger partial charge in [-0.2, -0.15) is 0 Å². The highest BCUT2D eigenvalue weighted by molar-refractivity contribution is 7.15. The van der Waals surface area contributed by atoms with Crippen LogP contribution in [-0.2, 0) is 10.2 Å². The molecule has 0 amide bonds. The Labute approximate surface area is 98.4 Å². The summed E-state index contributed by atoms with van der Waals surface area (Å²) in [5, 5.41) is 19.2. The van der Waals surface area contributed by atoms with Crippen LogP contribution in [0.15, 0.2) is 6.20 Å². The Balaban J connectivity index is 3.02. The summed E-state index contributed by atoms with van der Waals surface area (Å²) in [5.41, 5.74) is -0.836. The third-order valence-electron chi connectivity index (χ3n) is 2.43. The Morgan fingerprint density at radius 3 is 2.50 bits per heavy atom. The number of rotatable bonds is 4. The quantitative estimate of drug-likeness (QED) is 0.824. The van der Waals surface area contributed by atoms with Gasteiger partial charge in [-0.25, -0.2) is 9.78 Å². The fraction of sp³-hybridized carbons (Fsp3) is 0.600. The van der Waals surface area contributed by atoms with Crippen molar-refractivity contribution < 1.29 is 15.0 Å². The summed E-state index contributed by atoms with van der Waals surface area (Å²) in [7, 11) is 3.73. The van der Waals surface area contributed by atoms with Gasteiger partial charge >= 0.3 is 5.97 Å². The Morgan fingerprint density at radius 1 is 1.56 bits per heavy atom. The summed E-state index contributed by atoms with van der Waals surface area (Å²) in [6, 6.07) is 0. The normalized spacial score (nSPS) is 13.6. The molecule has 1 heterocycles. The molecule has 1 atom stereocenters. The van der Waals surface area contributed by atoms with Gasteiger partial charge in [-0.1, -0.05) is 13.8 Å². The minimum atomic E-state index is -1.43. The molecule has 1 aromatic heterocycles. The van der Waals surface area contributed by atoms with Crippen LogP contribution in [0.2, 0.25) is 0 Å². The summed E-state index contributed by atoms with van der Waals surface area (Å²) < 4.78 is 0. The smallest absolute Gasteiger partial charge is 0.333 e. The van der Waals surface area contributed by atoms with Gasteiger partial charge in [0.2, 0.25) is 0 Å². The molecule has 5 nitrogen and oxygen atoms in total. The number of aliphatic hydroxyl groups excluding tert-OH is 1. The number of hydrogen-bond acceptors (Lipinski definition) is 5. The van der Waals surface area contributed by atoms with E-state index in [-0.39, 0.29) is 0 Å². The van der Waals surface area contributed by atoms with Crippen molar-refractivity contribution in [2.24, 2.45) is 0 Å². The minimum absolute atomic E-state index is 0.756. The minimum Gasteiger partial charge on any atom is -0.479 e. The third kappa shape index (κ3) is 2.33. The molecule has 2 N–H and O–H groups in total. The molecule has 0 aliphatic rings. The van der Waals surface area contributed by atoms with Crippen molar-refractivity contribution in [2.75, 3.05) is 19.0 Å². The number of hydrogen-bond donors (Lipinski definition) is 2. The zero-order valence-corrected chi connectivity index (χ0v) is 10.6. The number of carbonyl (C=O) groups is 1. The second kappa shape index (κ2) is 4.39. The zero-order chi connectivity index (χ0) is 12.5. The molecule has 0 aliphatic carbocycles. The molecule has 0 aliphatic heterocycles. The number of carboxylic acid groups (broad SMARTS) is 1. The van der Waals surface area contributed by atoms with Gasteiger partial charge in [-0.15, -0.1) is 11.3 Å². The maximum atomic E-state index is 10.8. The lowest BCUT2D eigenvalue weighted by molar-refractivity contribution is -0.150. The summed E-state index contributed by atoms with van der Waals surface area (Å²) in [5.74, 6) is -1.22. The molecule has 0 radical (unpaired) electrons. The maximum absolute atomic E-state index is 10.8. The summed E-state index contributed by atoms with van der Waals surface area (Å²) in [4.78, 5) is 17.5. The van der Waals surface area contributed by atoms with Gasteiger partial charge in [0.1, 0.15) is 0 Å². The van der Waals surface area contributed by atoms with Crippen molar-refractivity contribution >= 4 is 22.4 Å². The topological polar surface area (TPSA) is 73.7 Å². The van der Waals surface area contributed by atoms with Crippen molar-refractivity contribution in [1.29, 1.82) is 0 Å². The van der Waals surface area contributed by atoms with Crippen LogP contribution in [0, 0.1) is 0 Å². The standard InChI is InChI=1S/C10H16N2O3S/c1-10(2,7(13)8(14)15)6-5-11-9(16-6)12(3)4/h5,7,13H,1-4H3,(H,14,15). The fourth-order valence-corrected chi connectivity index (χ4v) is 2.18. The van der Waals surface area contributed by atoms with Crippen LogP contribution in [0.5, 0.6) is 0 Å². The van der Waals surface area contributed by atoms with E-state index in [1.807, 2.05) is 19.0 Å². The van der Waals surface area contributed by atoms with E-state index in [4.69, 9.17) is 5.11 Å². The molecular weight excluding hydrogens is 228 g/mol. The number of aliphatic carboxylic acids is 1. The van der Waals surface area contributed by atoms with Gasteiger partial charge in [0.15, 0.2) is 11.2 Å². The molecule has 0 saturated heterocycles. The number of aromatic nitrogens is 1. The van der Waals surface area contributed by atoms with E-state index in [9.17, 15) is 9.90 Å². The number of thiazole rings is 1. The first-order valence-electron chi connectivity index (χ1n) is 4.81. The molecule has 0 aromatic carbocycles. The summed E-state index contributed by atoms with van der Waals surface area (Å²) in [6.45, 7) is 3.39. The molecule has 0 fully saturated rings. The molecule has 6 heteroatoms. The molecule has 1 aromatic rings. The van der Waals surface area contributed by atoms with E-state index in [0.717, 1.165) is 10.0 Å². The molecule has 90 valence electrons. The van der Waals surface area contributed by atoms with Crippen molar-refractivity contribution in [3.63, 3.8) is 0 Å². The second-order valence-electron chi connectivity index (χ2n) is 4.36. The number of anilines is 1. The maximum Gasteiger partial charge on any atom is 0.333 e. The van der Waals surface area contributed by atoms with E-state index in [1.54, 1.807) is 20.0 Å². The highest BCUT2D eigenvalue weighted by atomic mass is 32.1. The predicted molar refractivity (Wildman–Crippen MR) is 63.1 cm³/mol. The van der Waals surface area contributed by atoms with Gasteiger partial charge in [0.25, 0.3) is 0 Å². The van der Waals surface area contributed by atoms with Crippen LogP contribution in [0.25, 0.3) is 0 Å². The van der Waals surface area contributed by atoms with Gasteiger partial charge in [-0.05, 0) is 0 Å². The highest BCUT2D eigenvalue weighted by Gasteiger charge is 2.36. The first kappa shape index (κ1) is 12.9. The molecule has 0 saturated carbocycles. The monoisotopic (exact) mass is 244 g/mol. The SMILES string of the molecule is CN(C)c1ncc(C(C)(C)C(O)C(=O)O)s1. The van der Waals surface area contributed by atoms with Gasteiger partial charge < -0.3 is 15.1 Å². The molecule has 0 bridgehead atoms. The summed E-state index contributed by atoms with van der Waals surface area (Å²) >= 11 is 1.39. The average Bonchev–Trinajstić information content (AvgIpc) is 2.65. The van der Waals surface area contributed by atoms with Crippen LogP contribution < -0.4 is 4.90 Å². The summed E-state index contributed by atoms with van der Waals surface area (Å²) in [6.07, 6.45) is 0.189. The van der Waals surface area contributed by atoms with Crippen molar-refractivity contribution in [2.45, 2.75) is 25.4 Å². The molecule has 1 rings (SSSR count). The number of aliphatic hydroxyl groups is 1. The van der Waals surface area contributed by atoms with Crippen LogP contribution in [0.1, 0.15) is 18.7 Å².